The van der Waals surface area contributed by atoms with Gasteiger partial charge in [0, 0.05) is 9.90 Å². The van der Waals surface area contributed by atoms with E-state index < -0.39 is 17.8 Å². The molecule has 5 nitrogen and oxygen atoms in total. The Hall–Kier alpha value is -2.44. The summed E-state index contributed by atoms with van der Waals surface area (Å²) in [5.41, 5.74) is 1.22. The van der Waals surface area contributed by atoms with Gasteiger partial charge in [-0.25, -0.2) is 9.69 Å². The van der Waals surface area contributed by atoms with E-state index in [1.807, 2.05) is 18.4 Å². The summed E-state index contributed by atoms with van der Waals surface area (Å²) in [7, 11) is 0. The van der Waals surface area contributed by atoms with Crippen molar-refractivity contribution in [1.29, 1.82) is 0 Å². The topological polar surface area (TPSA) is 66.5 Å². The summed E-state index contributed by atoms with van der Waals surface area (Å²) >= 11 is 7.24. The second-order valence-electron chi connectivity index (χ2n) is 4.90. The molecule has 0 spiro atoms. The van der Waals surface area contributed by atoms with E-state index in [1.54, 1.807) is 24.3 Å². The number of nitrogens with one attached hydrogen (secondary N) is 1. The Morgan fingerprint density at radius 3 is 2.43 bits per heavy atom. The molecule has 0 bridgehead atoms. The Balaban J connectivity index is 2.02. The number of aryl methyl sites for hydroxylation is 1. The number of hydrogen-bond acceptors (Lipinski definition) is 4. The Kier molecular flexibility index (Phi) is 4.02. The summed E-state index contributed by atoms with van der Waals surface area (Å²) in [6.07, 6.45) is 1.51. The van der Waals surface area contributed by atoms with Crippen LogP contribution < -0.4 is 10.2 Å². The van der Waals surface area contributed by atoms with Gasteiger partial charge in [0.15, 0.2) is 0 Å². The van der Waals surface area contributed by atoms with Crippen LogP contribution in [-0.2, 0) is 9.59 Å². The predicted octanol–water partition coefficient (Wildman–Crippen LogP) is 3.38. The van der Waals surface area contributed by atoms with E-state index >= 15 is 0 Å². The number of urea groups is 1. The van der Waals surface area contributed by atoms with Crippen molar-refractivity contribution in [2.24, 2.45) is 0 Å². The van der Waals surface area contributed by atoms with Gasteiger partial charge in [-0.3, -0.25) is 14.9 Å². The number of nitrogens with zero attached hydrogens (tertiary/aromatic N) is 1. The lowest BCUT2D eigenvalue weighted by molar-refractivity contribution is -0.122. The van der Waals surface area contributed by atoms with Gasteiger partial charge in [-0.1, -0.05) is 11.6 Å². The summed E-state index contributed by atoms with van der Waals surface area (Å²) in [6, 6.07) is 7.35. The molecule has 3 rings (SSSR count). The highest BCUT2D eigenvalue weighted by molar-refractivity contribution is 7.11. The number of barbiturate groups is 1. The highest BCUT2D eigenvalue weighted by Gasteiger charge is 2.36. The summed E-state index contributed by atoms with van der Waals surface area (Å²) in [6.45, 7) is 1.89. The monoisotopic (exact) mass is 346 g/mol. The summed E-state index contributed by atoms with van der Waals surface area (Å²) < 4.78 is 0. The van der Waals surface area contributed by atoms with Gasteiger partial charge in [0.05, 0.1) is 5.69 Å². The number of benzene rings is 1. The molecule has 2 heterocycles. The Morgan fingerprint density at radius 1 is 1.13 bits per heavy atom. The van der Waals surface area contributed by atoms with E-state index in [9.17, 15) is 14.4 Å². The van der Waals surface area contributed by atoms with Crippen LogP contribution in [0.5, 0.6) is 0 Å². The summed E-state index contributed by atoms with van der Waals surface area (Å²) in [5, 5.41) is 4.54. The molecule has 1 aliphatic heterocycles. The number of carbonyl (C=O) groups is 3. The van der Waals surface area contributed by atoms with Crippen molar-refractivity contribution in [2.45, 2.75) is 6.92 Å². The first-order chi connectivity index (χ1) is 11.0. The standard InChI is InChI=1S/C16H11ClN2O3S/c1-9-6-7-23-13(9)8-12-14(20)18-16(22)19(15(12)21)11-4-2-10(17)3-5-11/h2-8H,1H3,(H,18,20,22). The maximum Gasteiger partial charge on any atom is 0.335 e. The first-order valence-corrected chi connectivity index (χ1v) is 7.94. The number of carbonyl (C=O) groups excluding carboxylic acids is 3. The smallest absolute Gasteiger partial charge is 0.273 e. The van der Waals surface area contributed by atoms with E-state index in [0.29, 0.717) is 10.7 Å². The second kappa shape index (κ2) is 5.98. The van der Waals surface area contributed by atoms with Crippen LogP contribution in [-0.4, -0.2) is 17.8 Å². The van der Waals surface area contributed by atoms with E-state index in [0.717, 1.165) is 15.3 Å². The fraction of sp³-hybridized carbons (Fsp3) is 0.0625. The lowest BCUT2D eigenvalue weighted by Crippen LogP contribution is -2.54. The molecule has 0 radical (unpaired) electrons. The molecule has 4 amide bonds. The molecule has 1 aromatic heterocycles. The number of anilines is 1. The van der Waals surface area contributed by atoms with Crippen molar-refractivity contribution in [2.75, 3.05) is 4.90 Å². The fourth-order valence-corrected chi connectivity index (χ4v) is 3.13. The van der Waals surface area contributed by atoms with Crippen LogP contribution in [0.2, 0.25) is 5.02 Å². The molecule has 1 fully saturated rings. The van der Waals surface area contributed by atoms with Crippen LogP contribution in [0.15, 0.2) is 41.3 Å². The molecule has 23 heavy (non-hydrogen) atoms. The van der Waals surface area contributed by atoms with Crippen LogP contribution in [0.4, 0.5) is 10.5 Å². The predicted molar refractivity (Wildman–Crippen MR) is 89.5 cm³/mol. The zero-order chi connectivity index (χ0) is 16.6. The van der Waals surface area contributed by atoms with Crippen LogP contribution >= 0.6 is 22.9 Å². The maximum absolute atomic E-state index is 12.6. The summed E-state index contributed by atoms with van der Waals surface area (Å²) in [5.74, 6) is -1.35. The molecule has 2 aromatic rings. The minimum Gasteiger partial charge on any atom is -0.273 e. The number of thiophene rings is 1. The van der Waals surface area contributed by atoms with Crippen molar-refractivity contribution in [3.63, 3.8) is 0 Å². The highest BCUT2D eigenvalue weighted by atomic mass is 35.5. The van der Waals surface area contributed by atoms with E-state index in [1.165, 1.54) is 17.4 Å². The normalized spacial score (nSPS) is 16.9. The molecule has 0 aliphatic carbocycles. The van der Waals surface area contributed by atoms with Gasteiger partial charge in [-0.15, -0.1) is 11.3 Å². The van der Waals surface area contributed by atoms with Crippen molar-refractivity contribution in [3.8, 4) is 0 Å². The third-order valence-electron chi connectivity index (χ3n) is 3.36. The second-order valence-corrected chi connectivity index (χ2v) is 6.29. The number of hydrogen-bond donors (Lipinski definition) is 1. The molecule has 0 saturated carbocycles. The molecule has 0 atom stereocenters. The highest BCUT2D eigenvalue weighted by Crippen LogP contribution is 2.25. The SMILES string of the molecule is Cc1ccsc1C=C1C(=O)NC(=O)N(c2ccc(Cl)cc2)C1=O. The molecule has 1 saturated heterocycles. The van der Waals surface area contributed by atoms with E-state index in [4.69, 9.17) is 11.6 Å². The van der Waals surface area contributed by atoms with Crippen molar-refractivity contribution in [1.82, 2.24) is 5.32 Å². The van der Waals surface area contributed by atoms with E-state index in [-0.39, 0.29) is 5.57 Å². The Labute approximate surface area is 141 Å². The largest absolute Gasteiger partial charge is 0.335 e. The van der Waals surface area contributed by atoms with Crippen LogP contribution in [0.3, 0.4) is 0 Å². The van der Waals surface area contributed by atoms with Crippen LogP contribution in [0.25, 0.3) is 6.08 Å². The summed E-state index contributed by atoms with van der Waals surface area (Å²) in [4.78, 5) is 38.4. The van der Waals surface area contributed by atoms with Gasteiger partial charge in [0.25, 0.3) is 11.8 Å². The Morgan fingerprint density at radius 2 is 1.83 bits per heavy atom. The maximum atomic E-state index is 12.6. The molecule has 1 aliphatic rings. The molecular formula is C16H11ClN2O3S. The van der Waals surface area contributed by atoms with Gasteiger partial charge < -0.3 is 0 Å². The molecule has 1 aromatic carbocycles. The fourth-order valence-electron chi connectivity index (χ4n) is 2.15. The van der Waals surface area contributed by atoms with Gasteiger partial charge in [-0.05, 0) is 54.3 Å². The third-order valence-corrected chi connectivity index (χ3v) is 4.58. The first kappa shape index (κ1) is 15.5. The zero-order valence-corrected chi connectivity index (χ0v) is 13.6. The lowest BCUT2D eigenvalue weighted by atomic mass is 10.1. The average Bonchev–Trinajstić information content (AvgIpc) is 2.90. The van der Waals surface area contributed by atoms with Crippen molar-refractivity contribution < 1.29 is 14.4 Å². The number of amides is 4. The molecule has 116 valence electrons. The van der Waals surface area contributed by atoms with Gasteiger partial charge >= 0.3 is 6.03 Å². The van der Waals surface area contributed by atoms with Crippen molar-refractivity contribution in [3.05, 3.63) is 56.7 Å². The Bertz CT molecular complexity index is 839. The van der Waals surface area contributed by atoms with Crippen LogP contribution in [0.1, 0.15) is 10.4 Å². The minimum atomic E-state index is -0.776. The number of halogens is 1. The third kappa shape index (κ3) is 2.91. The van der Waals surface area contributed by atoms with E-state index in [2.05, 4.69) is 5.32 Å². The first-order valence-electron chi connectivity index (χ1n) is 6.68. The molecule has 1 N–H and O–H groups in total. The number of rotatable bonds is 2. The van der Waals surface area contributed by atoms with Gasteiger partial charge in [0.1, 0.15) is 5.57 Å². The number of imide groups is 2. The van der Waals surface area contributed by atoms with Gasteiger partial charge in [0.2, 0.25) is 0 Å². The average molecular weight is 347 g/mol. The molecule has 7 heteroatoms. The van der Waals surface area contributed by atoms with Crippen LogP contribution in [0, 0.1) is 6.92 Å². The zero-order valence-electron chi connectivity index (χ0n) is 12.0. The lowest BCUT2D eigenvalue weighted by Gasteiger charge is -2.26. The van der Waals surface area contributed by atoms with Crippen molar-refractivity contribution >= 4 is 52.5 Å². The quantitative estimate of drug-likeness (QED) is 0.669. The van der Waals surface area contributed by atoms with Gasteiger partial charge in [-0.2, -0.15) is 0 Å². The molecular weight excluding hydrogens is 336 g/mol. The minimum absolute atomic E-state index is 0.0786. The molecule has 0 unspecified atom stereocenters.